The first kappa shape index (κ1) is 35.2. The average molecular weight is 703 g/mol. The molecule has 15 heteroatoms. The molecule has 2 N–H and O–H groups in total. The van der Waals surface area contributed by atoms with Gasteiger partial charge in [-0.25, -0.2) is 23.4 Å². The highest BCUT2D eigenvalue weighted by Crippen LogP contribution is 2.37. The summed E-state index contributed by atoms with van der Waals surface area (Å²) >= 11 is 0. The largest absolute Gasteiger partial charge is 0.445 e. The van der Waals surface area contributed by atoms with Crippen LogP contribution in [0.2, 0.25) is 0 Å². The van der Waals surface area contributed by atoms with Crippen LogP contribution < -0.4 is 20.4 Å². The number of aryl methyl sites for hydroxylation is 1. The van der Waals surface area contributed by atoms with Gasteiger partial charge in [-0.05, 0) is 65.8 Å². The zero-order valence-corrected chi connectivity index (χ0v) is 27.5. The van der Waals surface area contributed by atoms with Crippen molar-refractivity contribution in [3.8, 4) is 11.1 Å². The highest BCUT2D eigenvalue weighted by atomic mass is 19.4. The van der Waals surface area contributed by atoms with Gasteiger partial charge in [-0.15, -0.1) is 0 Å². The van der Waals surface area contributed by atoms with Gasteiger partial charge in [0.15, 0.2) is 0 Å². The Hall–Kier alpha value is -4.66. The maximum absolute atomic E-state index is 15.4. The number of carbonyl (C=O) groups excluding carboxylic acids is 2. The number of benzene rings is 2. The zero-order chi connectivity index (χ0) is 35.5. The number of urea groups is 1. The van der Waals surface area contributed by atoms with E-state index in [-0.39, 0.29) is 38.5 Å². The SMILES string of the molecule is Cc1ccc(NC(=O)N2CC[C@@H](CC(F)(F)F)C2)cc1-c1cc(N2CCOCC2)nc(N2C[C@H](NC(=O)OCc3ccccc3)C(F)(F)C2)c1. The lowest BCUT2D eigenvalue weighted by Crippen LogP contribution is -2.46. The molecule has 0 saturated carbocycles. The van der Waals surface area contributed by atoms with E-state index in [1.807, 2.05) is 24.0 Å². The van der Waals surface area contributed by atoms with Crippen LogP contribution in [0, 0.1) is 12.8 Å². The molecule has 3 saturated heterocycles. The predicted octanol–water partition coefficient (Wildman–Crippen LogP) is 6.45. The lowest BCUT2D eigenvalue weighted by Gasteiger charge is -2.29. The second kappa shape index (κ2) is 14.7. The lowest BCUT2D eigenvalue weighted by molar-refractivity contribution is -0.143. The van der Waals surface area contributed by atoms with Crippen LogP contribution in [0.1, 0.15) is 24.0 Å². The van der Waals surface area contributed by atoms with Crippen LogP contribution in [0.3, 0.4) is 0 Å². The van der Waals surface area contributed by atoms with Crippen LogP contribution in [-0.2, 0) is 16.1 Å². The summed E-state index contributed by atoms with van der Waals surface area (Å²) in [7, 11) is 0. The van der Waals surface area contributed by atoms with Crippen molar-refractivity contribution in [2.24, 2.45) is 5.92 Å². The third-order valence-corrected chi connectivity index (χ3v) is 9.17. The van der Waals surface area contributed by atoms with Crippen molar-refractivity contribution in [3.05, 3.63) is 71.8 Å². The van der Waals surface area contributed by atoms with Gasteiger partial charge in [0.1, 0.15) is 24.3 Å². The third-order valence-electron chi connectivity index (χ3n) is 9.17. The summed E-state index contributed by atoms with van der Waals surface area (Å²) in [6.45, 7) is 3.20. The van der Waals surface area contributed by atoms with Crippen LogP contribution in [0.15, 0.2) is 60.7 Å². The van der Waals surface area contributed by atoms with Gasteiger partial charge in [-0.2, -0.15) is 13.2 Å². The molecule has 2 atom stereocenters. The van der Waals surface area contributed by atoms with Crippen molar-refractivity contribution in [2.45, 2.75) is 44.5 Å². The number of amides is 3. The Bertz CT molecular complexity index is 1670. The Balaban J connectivity index is 1.21. The van der Waals surface area contributed by atoms with E-state index < -0.39 is 49.1 Å². The predicted molar refractivity (Wildman–Crippen MR) is 178 cm³/mol. The van der Waals surface area contributed by atoms with Crippen LogP contribution in [0.4, 0.5) is 48.9 Å². The molecular formula is C35H39F5N6O4. The zero-order valence-electron chi connectivity index (χ0n) is 27.5. The van der Waals surface area contributed by atoms with Crippen LogP contribution in [0.25, 0.3) is 11.1 Å². The summed E-state index contributed by atoms with van der Waals surface area (Å²) in [5, 5.41) is 5.14. The Morgan fingerprint density at radius 3 is 2.42 bits per heavy atom. The van der Waals surface area contributed by atoms with Crippen LogP contribution in [-0.4, -0.2) is 92.6 Å². The van der Waals surface area contributed by atoms with Crippen LogP contribution in [0.5, 0.6) is 0 Å². The second-order valence-electron chi connectivity index (χ2n) is 13.0. The fraction of sp³-hybridized carbons (Fsp3) is 0.457. The molecule has 2 aromatic carbocycles. The van der Waals surface area contributed by atoms with Gasteiger partial charge >= 0.3 is 18.3 Å². The third kappa shape index (κ3) is 8.73. The number of morpholine rings is 1. The molecule has 3 aliphatic rings. The number of hydrogen-bond acceptors (Lipinski definition) is 7. The molecule has 6 rings (SSSR count). The molecule has 0 unspecified atom stereocenters. The number of alkyl carbamates (subject to hydrolysis) is 1. The van der Waals surface area contributed by atoms with Crippen molar-refractivity contribution in [2.75, 3.05) is 67.6 Å². The number of anilines is 3. The summed E-state index contributed by atoms with van der Waals surface area (Å²) in [6, 6.07) is 15.7. The van der Waals surface area contributed by atoms with Crippen molar-refractivity contribution >= 4 is 29.4 Å². The minimum Gasteiger partial charge on any atom is -0.445 e. The van der Waals surface area contributed by atoms with Gasteiger partial charge in [0.25, 0.3) is 5.92 Å². The monoisotopic (exact) mass is 702 g/mol. The van der Waals surface area contributed by atoms with E-state index in [0.29, 0.717) is 48.9 Å². The van der Waals surface area contributed by atoms with E-state index in [1.165, 1.54) is 9.80 Å². The van der Waals surface area contributed by atoms with Gasteiger partial charge in [-0.1, -0.05) is 36.4 Å². The molecule has 50 heavy (non-hydrogen) atoms. The molecule has 3 amide bonds. The number of alkyl halides is 5. The number of nitrogens with zero attached hydrogens (tertiary/aromatic N) is 4. The summed E-state index contributed by atoms with van der Waals surface area (Å²) < 4.78 is 80.1. The van der Waals surface area contributed by atoms with Gasteiger partial charge in [0, 0.05) is 44.8 Å². The number of aromatic nitrogens is 1. The normalized spacial score (nSPS) is 20.6. The maximum Gasteiger partial charge on any atom is 0.407 e. The highest BCUT2D eigenvalue weighted by Gasteiger charge is 2.50. The van der Waals surface area contributed by atoms with Crippen molar-refractivity contribution in [1.82, 2.24) is 15.2 Å². The number of nitrogens with one attached hydrogen (secondary N) is 2. The van der Waals surface area contributed by atoms with Crippen LogP contribution >= 0.6 is 0 Å². The Kier molecular flexibility index (Phi) is 10.3. The van der Waals surface area contributed by atoms with E-state index in [1.54, 1.807) is 48.5 Å². The Labute approximate surface area is 286 Å². The van der Waals surface area contributed by atoms with Gasteiger partial charge < -0.3 is 34.8 Å². The highest BCUT2D eigenvalue weighted by molar-refractivity contribution is 5.91. The number of halogens is 5. The molecule has 0 bridgehead atoms. The van der Waals surface area contributed by atoms with Gasteiger partial charge in [-0.3, -0.25) is 0 Å². The molecular weight excluding hydrogens is 663 g/mol. The average Bonchev–Trinajstić information content (AvgIpc) is 3.67. The first-order valence-electron chi connectivity index (χ1n) is 16.5. The Morgan fingerprint density at radius 2 is 1.70 bits per heavy atom. The van der Waals surface area contributed by atoms with Crippen molar-refractivity contribution in [1.29, 1.82) is 0 Å². The molecule has 0 aliphatic carbocycles. The standard InChI is InChI=1S/C35H39F5N6O4/c1-23-7-8-27(41-32(47)45-10-9-25(19-45)18-35(38,39)40)17-28(23)26-15-30(44-11-13-49-14-12-44)43-31(16-26)46-20-29(34(36,37)22-46)42-33(48)50-21-24-5-3-2-4-6-24/h2-8,15-17,25,29H,9-14,18-22H2,1H3,(H,41,47)(H,42,48)/t25-,29-/m0/s1. The van der Waals surface area contributed by atoms with Gasteiger partial charge in [0.05, 0.1) is 19.8 Å². The molecule has 0 radical (unpaired) electrons. The Morgan fingerprint density at radius 1 is 0.980 bits per heavy atom. The van der Waals surface area contributed by atoms with Gasteiger partial charge in [0.2, 0.25) is 0 Å². The van der Waals surface area contributed by atoms with E-state index in [4.69, 9.17) is 14.5 Å². The fourth-order valence-electron chi connectivity index (χ4n) is 6.51. The number of hydrogen-bond donors (Lipinski definition) is 2. The van der Waals surface area contributed by atoms with Crippen molar-refractivity contribution < 1.29 is 41.0 Å². The van der Waals surface area contributed by atoms with E-state index >= 15 is 8.78 Å². The summed E-state index contributed by atoms with van der Waals surface area (Å²) in [4.78, 5) is 35.1. The first-order chi connectivity index (χ1) is 23.8. The minimum atomic E-state index is -4.29. The molecule has 1 aromatic heterocycles. The lowest BCUT2D eigenvalue weighted by atomic mass is 10.00. The number of carbonyl (C=O) groups is 2. The summed E-state index contributed by atoms with van der Waals surface area (Å²) in [6.07, 6.45) is -5.89. The molecule has 10 nitrogen and oxygen atoms in total. The quantitative estimate of drug-likeness (QED) is 0.261. The molecule has 0 spiro atoms. The number of rotatable bonds is 8. The number of likely N-dealkylation sites (tertiary alicyclic amines) is 1. The second-order valence-corrected chi connectivity index (χ2v) is 13.0. The number of ether oxygens (including phenoxy) is 2. The minimum absolute atomic E-state index is 0.0156. The van der Waals surface area contributed by atoms with Crippen molar-refractivity contribution in [3.63, 3.8) is 0 Å². The smallest absolute Gasteiger partial charge is 0.407 e. The fourth-order valence-corrected chi connectivity index (χ4v) is 6.51. The number of pyridine rings is 1. The maximum atomic E-state index is 15.4. The molecule has 4 heterocycles. The van der Waals surface area contributed by atoms with E-state index in [9.17, 15) is 22.8 Å². The molecule has 3 aliphatic heterocycles. The summed E-state index contributed by atoms with van der Waals surface area (Å²) in [5.41, 5.74) is 3.38. The topological polar surface area (TPSA) is 99.3 Å². The molecule has 3 aromatic rings. The van der Waals surface area contributed by atoms with E-state index in [2.05, 4.69) is 10.6 Å². The molecule has 3 fully saturated rings. The molecule has 268 valence electrons. The first-order valence-corrected chi connectivity index (χ1v) is 16.5. The van der Waals surface area contributed by atoms with E-state index in [0.717, 1.165) is 11.1 Å². The summed E-state index contributed by atoms with van der Waals surface area (Å²) in [5.74, 6) is -3.08.